The van der Waals surface area contributed by atoms with Gasteiger partial charge in [0.15, 0.2) is 0 Å². The van der Waals surface area contributed by atoms with Gasteiger partial charge >= 0.3 is 0 Å². The Balaban J connectivity index is 1.70. The smallest absolute Gasteiger partial charge is 0.0353 e. The predicted molar refractivity (Wildman–Crippen MR) is 66.0 cm³/mol. The SMILES string of the molecule is C1=CC2CC3CC4C=CC=CC4N3C2C=C1. The van der Waals surface area contributed by atoms with E-state index in [1.54, 1.807) is 0 Å². The van der Waals surface area contributed by atoms with Crippen molar-refractivity contribution in [2.45, 2.75) is 31.0 Å². The molecule has 0 radical (unpaired) electrons. The van der Waals surface area contributed by atoms with Gasteiger partial charge in [-0.1, -0.05) is 48.6 Å². The fourth-order valence-corrected chi connectivity index (χ4v) is 4.01. The van der Waals surface area contributed by atoms with Gasteiger partial charge in [0, 0.05) is 18.1 Å². The van der Waals surface area contributed by atoms with E-state index < -0.39 is 0 Å². The Hall–Kier alpha value is -1.08. The standard InChI is InChI=1S/C15H17N/c1-3-7-14-11(5-1)9-13-10-12-6-2-4-8-15(12)16(13)14/h1-8,11-15H,9-10H2. The molecule has 0 aromatic carbocycles. The minimum Gasteiger partial charge on any atom is -0.286 e. The average molecular weight is 211 g/mol. The van der Waals surface area contributed by atoms with Crippen molar-refractivity contribution in [3.63, 3.8) is 0 Å². The van der Waals surface area contributed by atoms with Crippen molar-refractivity contribution < 1.29 is 0 Å². The molecule has 1 nitrogen and oxygen atoms in total. The monoisotopic (exact) mass is 211 g/mol. The molecule has 16 heavy (non-hydrogen) atoms. The van der Waals surface area contributed by atoms with Gasteiger partial charge < -0.3 is 0 Å². The highest BCUT2D eigenvalue weighted by Crippen LogP contribution is 2.46. The van der Waals surface area contributed by atoms with E-state index in [1.807, 2.05) is 0 Å². The molecule has 0 bridgehead atoms. The third-order valence-corrected chi connectivity index (χ3v) is 4.63. The highest BCUT2D eigenvalue weighted by Gasteiger charge is 2.49. The number of allylic oxidation sites excluding steroid dienone is 4. The summed E-state index contributed by atoms with van der Waals surface area (Å²) < 4.78 is 0. The van der Waals surface area contributed by atoms with E-state index in [-0.39, 0.29) is 0 Å². The first-order chi connectivity index (χ1) is 7.93. The van der Waals surface area contributed by atoms with Crippen molar-refractivity contribution in [3.05, 3.63) is 48.6 Å². The molecular weight excluding hydrogens is 194 g/mol. The van der Waals surface area contributed by atoms with Crippen molar-refractivity contribution in [2.24, 2.45) is 11.8 Å². The normalized spacial score (nSPS) is 48.1. The lowest BCUT2D eigenvalue weighted by Gasteiger charge is -2.31. The summed E-state index contributed by atoms with van der Waals surface area (Å²) in [6, 6.07) is 2.15. The Kier molecular flexibility index (Phi) is 1.80. The second-order valence-corrected chi connectivity index (χ2v) is 5.42. The van der Waals surface area contributed by atoms with Crippen LogP contribution in [-0.2, 0) is 0 Å². The Morgan fingerprint density at radius 1 is 0.688 bits per heavy atom. The quantitative estimate of drug-likeness (QED) is 0.595. The number of fused-ring (bicyclic) bond motifs is 5. The van der Waals surface area contributed by atoms with E-state index in [1.165, 1.54) is 12.8 Å². The van der Waals surface area contributed by atoms with Crippen molar-refractivity contribution in [1.29, 1.82) is 0 Å². The zero-order valence-electron chi connectivity index (χ0n) is 9.37. The van der Waals surface area contributed by atoms with Gasteiger partial charge in [-0.05, 0) is 24.7 Å². The highest BCUT2D eigenvalue weighted by atomic mass is 15.3. The first kappa shape index (κ1) is 9.00. The largest absolute Gasteiger partial charge is 0.286 e. The Morgan fingerprint density at radius 3 is 1.75 bits per heavy atom. The molecule has 0 N–H and O–H groups in total. The molecule has 82 valence electrons. The van der Waals surface area contributed by atoms with E-state index in [0.29, 0.717) is 12.1 Å². The summed E-state index contributed by atoms with van der Waals surface area (Å²) in [4.78, 5) is 2.76. The molecule has 2 saturated heterocycles. The van der Waals surface area contributed by atoms with Crippen LogP contribution in [0.4, 0.5) is 0 Å². The fraction of sp³-hybridized carbons (Fsp3) is 0.467. The van der Waals surface area contributed by atoms with Crippen LogP contribution in [-0.4, -0.2) is 23.0 Å². The summed E-state index contributed by atoms with van der Waals surface area (Å²) in [5, 5.41) is 0. The molecule has 0 saturated carbocycles. The van der Waals surface area contributed by atoms with Crippen molar-refractivity contribution in [3.8, 4) is 0 Å². The molecule has 1 heteroatoms. The maximum Gasteiger partial charge on any atom is 0.0353 e. The fourth-order valence-electron chi connectivity index (χ4n) is 4.01. The van der Waals surface area contributed by atoms with Crippen molar-refractivity contribution in [1.82, 2.24) is 4.90 Å². The van der Waals surface area contributed by atoms with Crippen LogP contribution in [0, 0.1) is 11.8 Å². The average Bonchev–Trinajstić information content (AvgIpc) is 2.83. The van der Waals surface area contributed by atoms with E-state index >= 15 is 0 Å². The minimum absolute atomic E-state index is 0.668. The summed E-state index contributed by atoms with van der Waals surface area (Å²) in [7, 11) is 0. The van der Waals surface area contributed by atoms with Crippen LogP contribution in [0.1, 0.15) is 12.8 Å². The molecule has 0 aromatic heterocycles. The summed E-state index contributed by atoms with van der Waals surface area (Å²) in [6.07, 6.45) is 21.2. The Labute approximate surface area is 96.8 Å². The molecule has 2 aliphatic heterocycles. The molecule has 4 atom stereocenters. The molecule has 4 unspecified atom stereocenters. The summed E-state index contributed by atoms with van der Waals surface area (Å²) in [6.45, 7) is 0. The topological polar surface area (TPSA) is 3.24 Å². The lowest BCUT2D eigenvalue weighted by molar-refractivity contribution is 0.220. The van der Waals surface area contributed by atoms with Gasteiger partial charge in [-0.3, -0.25) is 4.90 Å². The van der Waals surface area contributed by atoms with Crippen LogP contribution >= 0.6 is 0 Å². The van der Waals surface area contributed by atoms with Crippen LogP contribution in [0.15, 0.2) is 48.6 Å². The number of rotatable bonds is 0. The zero-order valence-corrected chi connectivity index (χ0v) is 9.37. The van der Waals surface area contributed by atoms with Crippen LogP contribution in [0.3, 0.4) is 0 Å². The van der Waals surface area contributed by atoms with Crippen LogP contribution < -0.4 is 0 Å². The third kappa shape index (κ3) is 1.10. The molecule has 0 amide bonds. The highest BCUT2D eigenvalue weighted by molar-refractivity contribution is 5.28. The summed E-state index contributed by atoms with van der Waals surface area (Å²) >= 11 is 0. The number of hydrogen-bond donors (Lipinski definition) is 0. The van der Waals surface area contributed by atoms with Crippen molar-refractivity contribution >= 4 is 0 Å². The maximum atomic E-state index is 2.76. The molecule has 0 aromatic rings. The molecule has 4 rings (SSSR count). The van der Waals surface area contributed by atoms with E-state index in [0.717, 1.165) is 17.9 Å². The molecule has 2 heterocycles. The molecule has 2 fully saturated rings. The van der Waals surface area contributed by atoms with Crippen LogP contribution in [0.2, 0.25) is 0 Å². The van der Waals surface area contributed by atoms with E-state index in [9.17, 15) is 0 Å². The van der Waals surface area contributed by atoms with E-state index in [4.69, 9.17) is 0 Å². The first-order valence-electron chi connectivity index (χ1n) is 6.41. The van der Waals surface area contributed by atoms with Gasteiger partial charge in [0.05, 0.1) is 0 Å². The van der Waals surface area contributed by atoms with E-state index in [2.05, 4.69) is 53.5 Å². The van der Waals surface area contributed by atoms with Gasteiger partial charge in [0.2, 0.25) is 0 Å². The van der Waals surface area contributed by atoms with Gasteiger partial charge in [0.1, 0.15) is 0 Å². The maximum absolute atomic E-state index is 2.76. The lowest BCUT2D eigenvalue weighted by Crippen LogP contribution is -2.40. The van der Waals surface area contributed by atoms with Crippen LogP contribution in [0.25, 0.3) is 0 Å². The van der Waals surface area contributed by atoms with Gasteiger partial charge in [-0.2, -0.15) is 0 Å². The molecular formula is C15H17N. The van der Waals surface area contributed by atoms with Gasteiger partial charge in [-0.15, -0.1) is 0 Å². The summed E-state index contributed by atoms with van der Waals surface area (Å²) in [5.74, 6) is 1.55. The van der Waals surface area contributed by atoms with Gasteiger partial charge in [0.25, 0.3) is 0 Å². The zero-order chi connectivity index (χ0) is 10.5. The minimum atomic E-state index is 0.668. The second kappa shape index (κ2) is 3.21. The predicted octanol–water partition coefficient (Wildman–Crippen LogP) is 2.69. The van der Waals surface area contributed by atoms with Crippen molar-refractivity contribution in [2.75, 3.05) is 0 Å². The van der Waals surface area contributed by atoms with Gasteiger partial charge in [-0.25, -0.2) is 0 Å². The molecule has 4 aliphatic rings. The lowest BCUT2D eigenvalue weighted by atomic mass is 9.88. The molecule has 2 aliphatic carbocycles. The number of nitrogens with zero attached hydrogens (tertiary/aromatic N) is 1. The summed E-state index contributed by atoms with van der Waals surface area (Å²) in [5.41, 5.74) is 0. The first-order valence-corrected chi connectivity index (χ1v) is 6.41. The number of hydrogen-bond acceptors (Lipinski definition) is 1. The Bertz CT molecular complexity index is 377. The van der Waals surface area contributed by atoms with Crippen LogP contribution in [0.5, 0.6) is 0 Å². The third-order valence-electron chi connectivity index (χ3n) is 4.63. The Morgan fingerprint density at radius 2 is 1.19 bits per heavy atom. The second-order valence-electron chi connectivity index (χ2n) is 5.42. The molecule has 0 spiro atoms.